The zero-order valence-electron chi connectivity index (χ0n) is 14.8. The first kappa shape index (κ1) is 17.0. The topological polar surface area (TPSA) is 52.7 Å². The average molecular weight is 329 g/mol. The highest BCUT2D eigenvalue weighted by molar-refractivity contribution is 6.09. The van der Waals surface area contributed by atoms with E-state index in [1.165, 1.54) is 11.1 Å². The van der Waals surface area contributed by atoms with Crippen LogP contribution in [0.4, 0.5) is 5.69 Å². The molecule has 0 aliphatic carbocycles. The van der Waals surface area contributed by atoms with Gasteiger partial charge in [-0.05, 0) is 63.4 Å². The van der Waals surface area contributed by atoms with Gasteiger partial charge in [0.25, 0.3) is 0 Å². The second-order valence-electron chi connectivity index (χ2n) is 6.99. The summed E-state index contributed by atoms with van der Waals surface area (Å²) in [7, 11) is 1.91. The van der Waals surface area contributed by atoms with Crippen molar-refractivity contribution in [3.05, 3.63) is 29.3 Å². The van der Waals surface area contributed by atoms with Crippen LogP contribution in [0.2, 0.25) is 0 Å². The second-order valence-corrected chi connectivity index (χ2v) is 6.99. The third kappa shape index (κ3) is 3.05. The molecule has 2 amide bonds. The van der Waals surface area contributed by atoms with E-state index >= 15 is 0 Å². The van der Waals surface area contributed by atoms with Gasteiger partial charge in [-0.15, -0.1) is 0 Å². The largest absolute Gasteiger partial charge is 0.338 e. The van der Waals surface area contributed by atoms with Crippen LogP contribution in [0.25, 0.3) is 0 Å². The van der Waals surface area contributed by atoms with E-state index in [-0.39, 0.29) is 17.9 Å². The molecule has 0 bridgehead atoms. The first-order chi connectivity index (χ1) is 11.5. The first-order valence-electron chi connectivity index (χ1n) is 8.86. The van der Waals surface area contributed by atoms with Crippen molar-refractivity contribution in [3.8, 4) is 0 Å². The van der Waals surface area contributed by atoms with E-state index < -0.39 is 5.92 Å². The molecule has 2 atom stereocenters. The maximum atomic E-state index is 12.9. The number of hydrogen-bond acceptors (Lipinski definition) is 3. The fraction of sp³-hybridized carbons (Fsp3) is 0.579. The van der Waals surface area contributed by atoms with Gasteiger partial charge >= 0.3 is 0 Å². The number of rotatable bonds is 4. The number of hydrogen-bond donors (Lipinski definition) is 1. The lowest BCUT2D eigenvalue weighted by Crippen LogP contribution is -2.45. The van der Waals surface area contributed by atoms with Crippen LogP contribution in [-0.2, 0) is 9.59 Å². The summed E-state index contributed by atoms with van der Waals surface area (Å²) in [6.45, 7) is 6.31. The van der Waals surface area contributed by atoms with Crippen LogP contribution in [0.5, 0.6) is 0 Å². The van der Waals surface area contributed by atoms with E-state index in [0.717, 1.165) is 31.6 Å². The van der Waals surface area contributed by atoms with Gasteiger partial charge in [0.1, 0.15) is 5.92 Å². The maximum absolute atomic E-state index is 12.9. The highest BCUT2D eigenvalue weighted by atomic mass is 16.2. The Balaban J connectivity index is 1.73. The number of amides is 2. The van der Waals surface area contributed by atoms with E-state index in [4.69, 9.17) is 0 Å². The Hall–Kier alpha value is -1.88. The van der Waals surface area contributed by atoms with Crippen LogP contribution >= 0.6 is 0 Å². The molecule has 2 saturated heterocycles. The summed E-state index contributed by atoms with van der Waals surface area (Å²) in [5.41, 5.74) is 3.29. The van der Waals surface area contributed by atoms with Gasteiger partial charge in [-0.2, -0.15) is 0 Å². The highest BCUT2D eigenvalue weighted by Crippen LogP contribution is 2.30. The molecule has 130 valence electrons. The zero-order valence-corrected chi connectivity index (χ0v) is 14.8. The van der Waals surface area contributed by atoms with Crippen molar-refractivity contribution >= 4 is 17.5 Å². The number of anilines is 1. The van der Waals surface area contributed by atoms with Crippen molar-refractivity contribution in [2.24, 2.45) is 5.92 Å². The molecule has 2 fully saturated rings. The summed E-state index contributed by atoms with van der Waals surface area (Å²) in [5, 5.41) is 3.15. The van der Waals surface area contributed by atoms with Gasteiger partial charge in [-0.3, -0.25) is 9.59 Å². The van der Waals surface area contributed by atoms with Gasteiger partial charge in [-0.25, -0.2) is 0 Å². The molecule has 2 aliphatic rings. The molecule has 1 N–H and O–H groups in total. The molecular formula is C19H27N3O2. The molecule has 1 aromatic carbocycles. The van der Waals surface area contributed by atoms with Gasteiger partial charge in [0.15, 0.2) is 0 Å². The maximum Gasteiger partial charge on any atom is 0.239 e. The normalized spacial score (nSPS) is 24.0. The molecule has 2 heterocycles. The van der Waals surface area contributed by atoms with Crippen LogP contribution in [0.15, 0.2) is 18.2 Å². The van der Waals surface area contributed by atoms with Crippen molar-refractivity contribution < 1.29 is 9.59 Å². The van der Waals surface area contributed by atoms with Crippen molar-refractivity contribution in [2.75, 3.05) is 31.6 Å². The Labute approximate surface area is 144 Å². The Bertz CT molecular complexity index is 643. The van der Waals surface area contributed by atoms with Crippen molar-refractivity contribution in [3.63, 3.8) is 0 Å². The third-order valence-electron chi connectivity index (χ3n) is 5.41. The minimum Gasteiger partial charge on any atom is -0.338 e. The molecular weight excluding hydrogens is 302 g/mol. The molecule has 1 aromatic rings. The van der Waals surface area contributed by atoms with E-state index in [9.17, 15) is 9.59 Å². The molecule has 0 unspecified atom stereocenters. The van der Waals surface area contributed by atoms with Crippen LogP contribution in [0, 0.1) is 19.8 Å². The molecule has 5 heteroatoms. The zero-order chi connectivity index (χ0) is 17.3. The van der Waals surface area contributed by atoms with E-state index in [1.807, 2.05) is 30.1 Å². The van der Waals surface area contributed by atoms with Gasteiger partial charge in [-0.1, -0.05) is 6.07 Å². The number of likely N-dealkylation sites (N-methyl/N-ethyl adjacent to an activating group) is 1. The van der Waals surface area contributed by atoms with Crippen LogP contribution < -0.4 is 10.2 Å². The molecule has 5 nitrogen and oxygen atoms in total. The summed E-state index contributed by atoms with van der Waals surface area (Å²) in [6.07, 6.45) is 2.67. The monoisotopic (exact) mass is 329 g/mol. The number of nitrogens with zero attached hydrogens (tertiary/aromatic N) is 2. The quantitative estimate of drug-likeness (QED) is 0.858. The smallest absolute Gasteiger partial charge is 0.239 e. The highest BCUT2D eigenvalue weighted by Gasteiger charge is 2.42. The van der Waals surface area contributed by atoms with Gasteiger partial charge in [0.05, 0.1) is 0 Å². The Morgan fingerprint density at radius 2 is 2.00 bits per heavy atom. The molecule has 2 aliphatic heterocycles. The first-order valence-corrected chi connectivity index (χ1v) is 8.86. The number of likely N-dealkylation sites (tertiary alicyclic amines) is 1. The summed E-state index contributed by atoms with van der Waals surface area (Å²) >= 11 is 0. The molecule has 3 rings (SSSR count). The van der Waals surface area contributed by atoms with E-state index in [1.54, 1.807) is 4.90 Å². The fourth-order valence-corrected chi connectivity index (χ4v) is 3.83. The third-order valence-corrected chi connectivity index (χ3v) is 5.41. The summed E-state index contributed by atoms with van der Waals surface area (Å²) in [4.78, 5) is 29.4. The Morgan fingerprint density at radius 1 is 1.21 bits per heavy atom. The predicted octanol–water partition coefficient (Wildman–Crippen LogP) is 1.87. The molecule has 0 spiro atoms. The summed E-state index contributed by atoms with van der Waals surface area (Å²) in [6, 6.07) is 6.29. The summed E-state index contributed by atoms with van der Waals surface area (Å²) in [5.74, 6) is -0.536. The average Bonchev–Trinajstić information content (AvgIpc) is 3.17. The van der Waals surface area contributed by atoms with E-state index in [0.29, 0.717) is 13.0 Å². The van der Waals surface area contributed by atoms with Crippen LogP contribution in [0.3, 0.4) is 0 Å². The lowest BCUT2D eigenvalue weighted by atomic mass is 10.1. The second kappa shape index (κ2) is 6.93. The SMILES string of the molecule is CNC[C@@H]1CCCN1C(=O)[C@@H]1CCN(c2ccc(C)c(C)c2)C1=O. The number of carbonyl (C=O) groups excluding carboxylic acids is 2. The number of aryl methyl sites for hydroxylation is 2. The van der Waals surface area contributed by atoms with Gasteiger partial charge in [0, 0.05) is 31.4 Å². The summed E-state index contributed by atoms with van der Waals surface area (Å²) < 4.78 is 0. The Morgan fingerprint density at radius 3 is 2.71 bits per heavy atom. The Kier molecular flexibility index (Phi) is 4.90. The minimum absolute atomic E-state index is 0.0177. The lowest BCUT2D eigenvalue weighted by molar-refractivity contribution is -0.140. The van der Waals surface area contributed by atoms with Crippen molar-refractivity contribution in [1.29, 1.82) is 0 Å². The molecule has 0 saturated carbocycles. The minimum atomic E-state index is -0.510. The van der Waals surface area contributed by atoms with E-state index in [2.05, 4.69) is 19.2 Å². The fourth-order valence-electron chi connectivity index (χ4n) is 3.83. The molecule has 0 radical (unpaired) electrons. The number of nitrogens with one attached hydrogen (secondary N) is 1. The van der Waals surface area contributed by atoms with Gasteiger partial charge in [0.2, 0.25) is 11.8 Å². The van der Waals surface area contributed by atoms with Crippen LogP contribution in [0.1, 0.15) is 30.4 Å². The standard InChI is InChI=1S/C19H27N3O2/c1-13-6-7-15(11-14(13)2)22-10-8-17(19(22)24)18(23)21-9-4-5-16(21)12-20-3/h6-7,11,16-17,20H,4-5,8-10,12H2,1-3H3/t16-,17-/m0/s1. The van der Waals surface area contributed by atoms with Crippen LogP contribution in [-0.4, -0.2) is 49.4 Å². The van der Waals surface area contributed by atoms with Crippen molar-refractivity contribution in [1.82, 2.24) is 10.2 Å². The number of benzene rings is 1. The van der Waals surface area contributed by atoms with Crippen molar-refractivity contribution in [2.45, 2.75) is 39.2 Å². The predicted molar refractivity (Wildman–Crippen MR) is 95.0 cm³/mol. The lowest BCUT2D eigenvalue weighted by Gasteiger charge is -2.27. The van der Waals surface area contributed by atoms with Gasteiger partial charge < -0.3 is 15.1 Å². The molecule has 24 heavy (non-hydrogen) atoms. The number of carbonyl (C=O) groups is 2. The molecule has 0 aromatic heterocycles.